The minimum Gasteiger partial charge on any atom is -0.367 e. The number of benzene rings is 1. The fourth-order valence-electron chi connectivity index (χ4n) is 2.11. The van der Waals surface area contributed by atoms with E-state index in [0.717, 1.165) is 5.56 Å². The molecule has 0 saturated carbocycles. The van der Waals surface area contributed by atoms with Gasteiger partial charge >= 0.3 is 0 Å². The zero-order chi connectivity index (χ0) is 13.9. The van der Waals surface area contributed by atoms with Gasteiger partial charge in [-0.15, -0.1) is 0 Å². The maximum absolute atomic E-state index is 12.2. The quantitative estimate of drug-likeness (QED) is 0.853. The summed E-state index contributed by atoms with van der Waals surface area (Å²) in [6, 6.07) is 9.52. The first-order chi connectivity index (χ1) is 9.01. The van der Waals surface area contributed by atoms with Gasteiger partial charge in [-0.3, -0.25) is 9.59 Å². The molecule has 1 saturated heterocycles. The summed E-state index contributed by atoms with van der Waals surface area (Å²) in [7, 11) is 0. The molecular formula is C14H18N2O3. The molecule has 0 aromatic heterocycles. The third kappa shape index (κ3) is 3.12. The van der Waals surface area contributed by atoms with Crippen molar-refractivity contribution in [1.29, 1.82) is 0 Å². The summed E-state index contributed by atoms with van der Waals surface area (Å²) in [5, 5.41) is 0. The first kappa shape index (κ1) is 13.5. The summed E-state index contributed by atoms with van der Waals surface area (Å²) in [6.07, 6.45) is 0.329. The Balaban J connectivity index is 2.02. The van der Waals surface area contributed by atoms with Crippen LogP contribution < -0.4 is 5.73 Å². The van der Waals surface area contributed by atoms with Crippen molar-refractivity contribution in [1.82, 2.24) is 4.90 Å². The Labute approximate surface area is 112 Å². The van der Waals surface area contributed by atoms with E-state index < -0.39 is 11.5 Å². The average Bonchev–Trinajstić information content (AvgIpc) is 2.40. The van der Waals surface area contributed by atoms with Crippen molar-refractivity contribution in [2.75, 3.05) is 19.7 Å². The molecular weight excluding hydrogens is 244 g/mol. The van der Waals surface area contributed by atoms with E-state index in [-0.39, 0.29) is 12.5 Å². The van der Waals surface area contributed by atoms with Gasteiger partial charge in [0.2, 0.25) is 5.91 Å². The fourth-order valence-corrected chi connectivity index (χ4v) is 2.11. The number of carbonyl (C=O) groups excluding carboxylic acids is 2. The highest BCUT2D eigenvalue weighted by molar-refractivity contribution is 5.85. The van der Waals surface area contributed by atoms with E-state index in [0.29, 0.717) is 19.6 Å². The molecule has 1 aliphatic heterocycles. The average molecular weight is 262 g/mol. The molecule has 0 radical (unpaired) electrons. The molecule has 19 heavy (non-hydrogen) atoms. The van der Waals surface area contributed by atoms with Crippen LogP contribution in [0.15, 0.2) is 30.3 Å². The standard InChI is InChI=1S/C14H18N2O3/c1-14(13(15)18)10-16(7-8-19-14)12(17)9-11-5-3-2-4-6-11/h2-6H,7-10H2,1H3,(H2,15,18). The largest absolute Gasteiger partial charge is 0.367 e. The topological polar surface area (TPSA) is 72.6 Å². The third-order valence-corrected chi connectivity index (χ3v) is 3.35. The SMILES string of the molecule is CC1(C(N)=O)CN(C(=O)Cc2ccccc2)CCO1. The first-order valence-corrected chi connectivity index (χ1v) is 6.27. The number of rotatable bonds is 3. The summed E-state index contributed by atoms with van der Waals surface area (Å²) < 4.78 is 5.39. The Morgan fingerprint density at radius 3 is 2.68 bits per heavy atom. The lowest BCUT2D eigenvalue weighted by Gasteiger charge is -2.38. The number of hydrogen-bond acceptors (Lipinski definition) is 3. The molecule has 0 spiro atoms. The second-order valence-corrected chi connectivity index (χ2v) is 4.92. The number of hydrogen-bond donors (Lipinski definition) is 1. The summed E-state index contributed by atoms with van der Waals surface area (Å²) in [4.78, 5) is 25.2. The molecule has 0 aliphatic carbocycles. The van der Waals surface area contributed by atoms with E-state index in [1.165, 1.54) is 0 Å². The highest BCUT2D eigenvalue weighted by atomic mass is 16.5. The number of amides is 2. The maximum atomic E-state index is 12.2. The van der Waals surface area contributed by atoms with Gasteiger partial charge in [-0.1, -0.05) is 30.3 Å². The predicted molar refractivity (Wildman–Crippen MR) is 70.3 cm³/mol. The molecule has 1 aliphatic rings. The Kier molecular flexibility index (Phi) is 3.85. The molecule has 2 rings (SSSR count). The van der Waals surface area contributed by atoms with E-state index in [1.54, 1.807) is 11.8 Å². The molecule has 1 atom stereocenters. The molecule has 102 valence electrons. The van der Waals surface area contributed by atoms with E-state index in [2.05, 4.69) is 0 Å². The van der Waals surface area contributed by atoms with Crippen LogP contribution in [0.25, 0.3) is 0 Å². The van der Waals surface area contributed by atoms with Gasteiger partial charge in [0.05, 0.1) is 19.6 Å². The third-order valence-electron chi connectivity index (χ3n) is 3.35. The normalized spacial score (nSPS) is 23.1. The minimum absolute atomic E-state index is 0.0121. The Morgan fingerprint density at radius 1 is 1.37 bits per heavy atom. The van der Waals surface area contributed by atoms with Crippen LogP contribution >= 0.6 is 0 Å². The van der Waals surface area contributed by atoms with Gasteiger partial charge in [-0.05, 0) is 12.5 Å². The van der Waals surface area contributed by atoms with Gasteiger partial charge in [0, 0.05) is 6.54 Å². The van der Waals surface area contributed by atoms with E-state index in [1.807, 2.05) is 30.3 Å². The van der Waals surface area contributed by atoms with E-state index >= 15 is 0 Å². The van der Waals surface area contributed by atoms with E-state index in [4.69, 9.17) is 10.5 Å². The molecule has 1 fully saturated rings. The zero-order valence-corrected chi connectivity index (χ0v) is 11.0. The highest BCUT2D eigenvalue weighted by Gasteiger charge is 2.39. The number of carbonyl (C=O) groups is 2. The van der Waals surface area contributed by atoms with Crippen LogP contribution in [0, 0.1) is 0 Å². The van der Waals surface area contributed by atoms with Gasteiger partial charge in [-0.25, -0.2) is 0 Å². The molecule has 5 heteroatoms. The zero-order valence-electron chi connectivity index (χ0n) is 11.0. The molecule has 1 heterocycles. The lowest BCUT2D eigenvalue weighted by atomic mass is 10.0. The van der Waals surface area contributed by atoms with E-state index in [9.17, 15) is 9.59 Å². The highest BCUT2D eigenvalue weighted by Crippen LogP contribution is 2.18. The summed E-state index contributed by atoms with van der Waals surface area (Å²) in [5.74, 6) is -0.549. The lowest BCUT2D eigenvalue weighted by molar-refractivity contribution is -0.160. The number of morpholine rings is 1. The summed E-state index contributed by atoms with van der Waals surface area (Å²) >= 11 is 0. The van der Waals surface area contributed by atoms with Crippen LogP contribution in [0.1, 0.15) is 12.5 Å². The van der Waals surface area contributed by atoms with Gasteiger partial charge < -0.3 is 15.4 Å². The number of primary amides is 1. The van der Waals surface area contributed by atoms with Gasteiger partial charge in [0.25, 0.3) is 5.91 Å². The smallest absolute Gasteiger partial charge is 0.251 e. The summed E-state index contributed by atoms with van der Waals surface area (Å²) in [5.41, 5.74) is 5.19. The number of nitrogens with two attached hydrogens (primary N) is 1. The summed E-state index contributed by atoms with van der Waals surface area (Å²) in [6.45, 7) is 2.67. The van der Waals surface area contributed by atoms with Crippen LogP contribution in [0.5, 0.6) is 0 Å². The van der Waals surface area contributed by atoms with Crippen LogP contribution in [0.4, 0.5) is 0 Å². The van der Waals surface area contributed by atoms with Crippen molar-refractivity contribution in [3.8, 4) is 0 Å². The molecule has 1 unspecified atom stereocenters. The molecule has 2 amide bonds. The Bertz CT molecular complexity index is 475. The van der Waals surface area contributed by atoms with Gasteiger partial charge in [-0.2, -0.15) is 0 Å². The van der Waals surface area contributed by atoms with Crippen molar-refractivity contribution in [2.24, 2.45) is 5.73 Å². The van der Waals surface area contributed by atoms with Gasteiger partial charge in [0.1, 0.15) is 0 Å². The maximum Gasteiger partial charge on any atom is 0.251 e. The second kappa shape index (κ2) is 5.40. The van der Waals surface area contributed by atoms with Crippen molar-refractivity contribution < 1.29 is 14.3 Å². The van der Waals surface area contributed by atoms with Crippen LogP contribution in [0.3, 0.4) is 0 Å². The van der Waals surface area contributed by atoms with Crippen LogP contribution in [-0.2, 0) is 20.7 Å². The van der Waals surface area contributed by atoms with Crippen LogP contribution in [0.2, 0.25) is 0 Å². The minimum atomic E-state index is -1.08. The fraction of sp³-hybridized carbons (Fsp3) is 0.429. The van der Waals surface area contributed by atoms with Crippen molar-refractivity contribution in [2.45, 2.75) is 18.9 Å². The monoisotopic (exact) mass is 262 g/mol. The molecule has 0 bridgehead atoms. The number of ether oxygens (including phenoxy) is 1. The Hall–Kier alpha value is -1.88. The van der Waals surface area contributed by atoms with Crippen molar-refractivity contribution >= 4 is 11.8 Å². The molecule has 1 aromatic carbocycles. The van der Waals surface area contributed by atoms with Crippen LogP contribution in [-0.4, -0.2) is 42.0 Å². The lowest BCUT2D eigenvalue weighted by Crippen LogP contribution is -2.58. The van der Waals surface area contributed by atoms with Crippen molar-refractivity contribution in [3.63, 3.8) is 0 Å². The molecule has 2 N–H and O–H groups in total. The Morgan fingerprint density at radius 2 is 2.05 bits per heavy atom. The first-order valence-electron chi connectivity index (χ1n) is 6.27. The predicted octanol–water partition coefficient (Wildman–Crippen LogP) is 0.332. The molecule has 5 nitrogen and oxygen atoms in total. The number of nitrogens with zero attached hydrogens (tertiary/aromatic N) is 1. The van der Waals surface area contributed by atoms with Gasteiger partial charge in [0.15, 0.2) is 5.60 Å². The van der Waals surface area contributed by atoms with Crippen molar-refractivity contribution in [3.05, 3.63) is 35.9 Å². The second-order valence-electron chi connectivity index (χ2n) is 4.92. The molecule has 1 aromatic rings.